The van der Waals surface area contributed by atoms with Crippen LogP contribution in [0.2, 0.25) is 0 Å². The highest BCUT2D eigenvalue weighted by molar-refractivity contribution is 7.89. The summed E-state index contributed by atoms with van der Waals surface area (Å²) in [6.45, 7) is 7.19. The quantitative estimate of drug-likeness (QED) is 0.781. The maximum absolute atomic E-state index is 12.7. The molecular formula is C17H25N3O2S. The first-order valence-electron chi connectivity index (χ1n) is 7.96. The van der Waals surface area contributed by atoms with Crippen LogP contribution in [0, 0.1) is 6.92 Å². The fraction of sp³-hybridized carbons (Fsp3) is 0.471. The summed E-state index contributed by atoms with van der Waals surface area (Å²) in [6, 6.07) is 7.17. The van der Waals surface area contributed by atoms with Gasteiger partial charge in [-0.3, -0.25) is 4.68 Å². The van der Waals surface area contributed by atoms with Gasteiger partial charge in [-0.05, 0) is 38.0 Å². The van der Waals surface area contributed by atoms with Crippen molar-refractivity contribution in [1.29, 1.82) is 0 Å². The SMILES string of the molecule is CCCc1ccc(S(=O)(=O)N(C)Cc2cnn(CC)c2C)cc1. The van der Waals surface area contributed by atoms with Gasteiger partial charge in [-0.1, -0.05) is 25.5 Å². The number of benzene rings is 1. The van der Waals surface area contributed by atoms with E-state index in [4.69, 9.17) is 0 Å². The zero-order valence-corrected chi connectivity index (χ0v) is 15.1. The minimum atomic E-state index is -3.49. The van der Waals surface area contributed by atoms with Crippen LogP contribution >= 0.6 is 0 Å². The lowest BCUT2D eigenvalue weighted by molar-refractivity contribution is 0.465. The molecule has 0 amide bonds. The number of aryl methyl sites for hydroxylation is 2. The monoisotopic (exact) mass is 335 g/mol. The maximum Gasteiger partial charge on any atom is 0.243 e. The second kappa shape index (κ2) is 7.27. The molecule has 2 aromatic rings. The molecule has 23 heavy (non-hydrogen) atoms. The van der Waals surface area contributed by atoms with Gasteiger partial charge in [-0.15, -0.1) is 0 Å². The molecule has 5 nitrogen and oxygen atoms in total. The number of hydrogen-bond acceptors (Lipinski definition) is 3. The van der Waals surface area contributed by atoms with Crippen LogP contribution in [0.5, 0.6) is 0 Å². The van der Waals surface area contributed by atoms with Gasteiger partial charge in [-0.25, -0.2) is 8.42 Å². The molecule has 1 heterocycles. The van der Waals surface area contributed by atoms with Gasteiger partial charge >= 0.3 is 0 Å². The van der Waals surface area contributed by atoms with Crippen LogP contribution in [0.15, 0.2) is 35.4 Å². The Balaban J connectivity index is 2.19. The number of nitrogens with zero attached hydrogens (tertiary/aromatic N) is 3. The van der Waals surface area contributed by atoms with E-state index < -0.39 is 10.0 Å². The molecule has 1 aromatic carbocycles. The van der Waals surface area contributed by atoms with E-state index in [0.717, 1.165) is 36.2 Å². The molecule has 1 aromatic heterocycles. The van der Waals surface area contributed by atoms with Crippen molar-refractivity contribution in [3.63, 3.8) is 0 Å². The lowest BCUT2D eigenvalue weighted by Gasteiger charge is -2.17. The Morgan fingerprint density at radius 2 is 1.83 bits per heavy atom. The molecule has 0 fully saturated rings. The highest BCUT2D eigenvalue weighted by Crippen LogP contribution is 2.19. The molecule has 0 radical (unpaired) electrons. The molecule has 0 N–H and O–H groups in total. The smallest absolute Gasteiger partial charge is 0.243 e. The van der Waals surface area contributed by atoms with Crippen molar-refractivity contribution in [2.24, 2.45) is 0 Å². The first-order valence-corrected chi connectivity index (χ1v) is 9.40. The summed E-state index contributed by atoms with van der Waals surface area (Å²) < 4.78 is 28.6. The molecule has 0 saturated heterocycles. The van der Waals surface area contributed by atoms with E-state index in [9.17, 15) is 8.42 Å². The van der Waals surface area contributed by atoms with Crippen molar-refractivity contribution in [2.45, 2.75) is 51.6 Å². The Morgan fingerprint density at radius 3 is 2.35 bits per heavy atom. The van der Waals surface area contributed by atoms with Crippen molar-refractivity contribution in [3.05, 3.63) is 47.3 Å². The van der Waals surface area contributed by atoms with Gasteiger partial charge in [0.1, 0.15) is 0 Å². The van der Waals surface area contributed by atoms with Crippen LogP contribution in [0.4, 0.5) is 0 Å². The van der Waals surface area contributed by atoms with Gasteiger partial charge in [0.15, 0.2) is 0 Å². The third-order valence-electron chi connectivity index (χ3n) is 4.07. The Bertz CT molecular complexity index is 749. The molecule has 0 bridgehead atoms. The summed E-state index contributed by atoms with van der Waals surface area (Å²) in [6.07, 6.45) is 3.76. The number of sulfonamides is 1. The molecule has 0 saturated carbocycles. The average molecular weight is 335 g/mol. The molecule has 0 aliphatic rings. The van der Waals surface area contributed by atoms with Crippen molar-refractivity contribution in [2.75, 3.05) is 7.05 Å². The summed E-state index contributed by atoms with van der Waals surface area (Å²) >= 11 is 0. The minimum absolute atomic E-state index is 0.324. The highest BCUT2D eigenvalue weighted by Gasteiger charge is 2.22. The normalized spacial score (nSPS) is 12.0. The standard InChI is InChI=1S/C17H25N3O2S/c1-5-7-15-8-10-17(11-9-15)23(21,22)19(4)13-16-12-18-20(6-2)14(16)3/h8-12H,5-7,13H2,1-4H3. The molecule has 0 aliphatic carbocycles. The number of hydrogen-bond donors (Lipinski definition) is 0. The molecule has 6 heteroatoms. The zero-order valence-electron chi connectivity index (χ0n) is 14.3. The Kier molecular flexibility index (Phi) is 5.59. The highest BCUT2D eigenvalue weighted by atomic mass is 32.2. The minimum Gasteiger partial charge on any atom is -0.270 e. The van der Waals surface area contributed by atoms with Crippen molar-refractivity contribution < 1.29 is 8.42 Å². The summed E-state index contributed by atoms with van der Waals surface area (Å²) in [5, 5.41) is 4.27. The van der Waals surface area contributed by atoms with Gasteiger partial charge in [0, 0.05) is 31.4 Å². The van der Waals surface area contributed by atoms with Crippen molar-refractivity contribution in [3.8, 4) is 0 Å². The van der Waals surface area contributed by atoms with Crippen LogP contribution in [0.1, 0.15) is 37.1 Å². The van der Waals surface area contributed by atoms with Crippen LogP contribution in [0.25, 0.3) is 0 Å². The number of rotatable bonds is 7. The fourth-order valence-electron chi connectivity index (χ4n) is 2.58. The summed E-state index contributed by atoms with van der Waals surface area (Å²) in [4.78, 5) is 0.334. The first-order chi connectivity index (χ1) is 10.9. The van der Waals surface area contributed by atoms with E-state index in [-0.39, 0.29) is 0 Å². The van der Waals surface area contributed by atoms with Crippen molar-refractivity contribution in [1.82, 2.24) is 14.1 Å². The Morgan fingerprint density at radius 1 is 1.17 bits per heavy atom. The van der Waals surface area contributed by atoms with E-state index in [2.05, 4.69) is 12.0 Å². The molecule has 0 atom stereocenters. The topological polar surface area (TPSA) is 55.2 Å². The molecule has 2 rings (SSSR count). The van der Waals surface area contributed by atoms with Crippen LogP contribution in [-0.2, 0) is 29.5 Å². The first kappa shape index (κ1) is 17.7. The van der Waals surface area contributed by atoms with Gasteiger partial charge in [0.25, 0.3) is 0 Å². The van der Waals surface area contributed by atoms with E-state index in [1.807, 2.05) is 30.7 Å². The lowest BCUT2D eigenvalue weighted by atomic mass is 10.1. The van der Waals surface area contributed by atoms with Crippen LogP contribution in [0.3, 0.4) is 0 Å². The van der Waals surface area contributed by atoms with E-state index in [1.54, 1.807) is 25.4 Å². The zero-order chi connectivity index (χ0) is 17.0. The fourth-order valence-corrected chi connectivity index (χ4v) is 3.73. The van der Waals surface area contributed by atoms with Gasteiger partial charge in [0.05, 0.1) is 11.1 Å². The lowest BCUT2D eigenvalue weighted by Crippen LogP contribution is -2.26. The predicted octanol–water partition coefficient (Wildman–Crippen LogP) is 2.98. The van der Waals surface area contributed by atoms with Crippen LogP contribution in [-0.4, -0.2) is 29.6 Å². The summed E-state index contributed by atoms with van der Waals surface area (Å²) in [5.41, 5.74) is 3.10. The molecule has 0 aliphatic heterocycles. The van der Waals surface area contributed by atoms with E-state index in [1.165, 1.54) is 4.31 Å². The second-order valence-electron chi connectivity index (χ2n) is 5.73. The molecule has 0 unspecified atom stereocenters. The molecule has 0 spiro atoms. The summed E-state index contributed by atoms with van der Waals surface area (Å²) in [7, 11) is -1.88. The van der Waals surface area contributed by atoms with E-state index in [0.29, 0.717) is 11.4 Å². The predicted molar refractivity (Wildman–Crippen MR) is 91.7 cm³/mol. The van der Waals surface area contributed by atoms with Gasteiger partial charge < -0.3 is 0 Å². The second-order valence-corrected chi connectivity index (χ2v) is 7.77. The van der Waals surface area contributed by atoms with Gasteiger partial charge in [0.2, 0.25) is 10.0 Å². The Labute approximate surface area is 139 Å². The van der Waals surface area contributed by atoms with E-state index >= 15 is 0 Å². The van der Waals surface area contributed by atoms with Crippen LogP contribution < -0.4 is 0 Å². The average Bonchev–Trinajstić information content (AvgIpc) is 2.88. The Hall–Kier alpha value is -1.66. The van der Waals surface area contributed by atoms with Crippen molar-refractivity contribution >= 4 is 10.0 Å². The number of aromatic nitrogens is 2. The third-order valence-corrected chi connectivity index (χ3v) is 5.89. The van der Waals surface area contributed by atoms with Gasteiger partial charge in [-0.2, -0.15) is 9.40 Å². The largest absolute Gasteiger partial charge is 0.270 e. The third kappa shape index (κ3) is 3.82. The molecular weight excluding hydrogens is 310 g/mol. The summed E-state index contributed by atoms with van der Waals surface area (Å²) in [5.74, 6) is 0. The maximum atomic E-state index is 12.7. The molecule has 126 valence electrons.